The van der Waals surface area contributed by atoms with E-state index in [9.17, 15) is 4.39 Å². The van der Waals surface area contributed by atoms with E-state index in [0.29, 0.717) is 5.56 Å². The first-order chi connectivity index (χ1) is 8.58. The largest absolute Gasteiger partial charge is 0.371 e. The molecule has 0 atom stereocenters. The van der Waals surface area contributed by atoms with Gasteiger partial charge in [-0.05, 0) is 52.2 Å². The predicted octanol–water partition coefficient (Wildman–Crippen LogP) is 2.48. The molecule has 0 bridgehead atoms. The summed E-state index contributed by atoms with van der Waals surface area (Å²) < 4.78 is 13.1. The molecule has 0 unspecified atom stereocenters. The third kappa shape index (κ3) is 4.01. The number of rotatable bonds is 6. The molecule has 98 valence electrons. The van der Waals surface area contributed by atoms with Crippen LogP contribution in [0.3, 0.4) is 0 Å². The van der Waals surface area contributed by atoms with Crippen molar-refractivity contribution in [1.29, 1.82) is 5.26 Å². The fourth-order valence-corrected chi connectivity index (χ4v) is 1.90. The van der Waals surface area contributed by atoms with Crippen LogP contribution in [-0.4, -0.2) is 38.6 Å². The van der Waals surface area contributed by atoms with E-state index < -0.39 is 0 Å². The number of nitrogens with zero attached hydrogens (tertiary/aromatic N) is 3. The van der Waals surface area contributed by atoms with Crippen LogP contribution in [0.4, 0.5) is 10.1 Å². The molecular weight excluding hydrogens is 229 g/mol. The van der Waals surface area contributed by atoms with Gasteiger partial charge in [0.25, 0.3) is 0 Å². The van der Waals surface area contributed by atoms with Gasteiger partial charge < -0.3 is 9.80 Å². The molecule has 0 fully saturated rings. The van der Waals surface area contributed by atoms with Crippen molar-refractivity contribution in [3.8, 4) is 6.07 Å². The minimum atomic E-state index is -0.361. The molecule has 0 aromatic heterocycles. The number of anilines is 1. The third-order valence-corrected chi connectivity index (χ3v) is 2.83. The van der Waals surface area contributed by atoms with Gasteiger partial charge in [0, 0.05) is 13.1 Å². The summed E-state index contributed by atoms with van der Waals surface area (Å²) in [6.07, 6.45) is 1.02. The maximum atomic E-state index is 13.1. The van der Waals surface area contributed by atoms with Crippen molar-refractivity contribution in [3.63, 3.8) is 0 Å². The van der Waals surface area contributed by atoms with Crippen LogP contribution in [0.2, 0.25) is 0 Å². The van der Waals surface area contributed by atoms with Crippen molar-refractivity contribution >= 4 is 5.69 Å². The van der Waals surface area contributed by atoms with Crippen LogP contribution in [0.25, 0.3) is 0 Å². The average molecular weight is 249 g/mol. The summed E-state index contributed by atoms with van der Waals surface area (Å²) >= 11 is 0. The van der Waals surface area contributed by atoms with Gasteiger partial charge >= 0.3 is 0 Å². The molecule has 1 aromatic rings. The Labute approximate surface area is 108 Å². The molecule has 4 heteroatoms. The number of hydrogen-bond acceptors (Lipinski definition) is 3. The van der Waals surface area contributed by atoms with Crippen molar-refractivity contribution < 1.29 is 4.39 Å². The fourth-order valence-electron chi connectivity index (χ4n) is 1.90. The number of nitriles is 1. The predicted molar refractivity (Wildman–Crippen MR) is 72.2 cm³/mol. The van der Waals surface area contributed by atoms with Gasteiger partial charge in [-0.25, -0.2) is 4.39 Å². The first-order valence-electron chi connectivity index (χ1n) is 6.17. The molecule has 0 saturated heterocycles. The molecule has 0 aliphatic carbocycles. The van der Waals surface area contributed by atoms with Crippen LogP contribution >= 0.6 is 0 Å². The number of benzene rings is 1. The zero-order valence-corrected chi connectivity index (χ0v) is 11.3. The molecule has 18 heavy (non-hydrogen) atoms. The highest BCUT2D eigenvalue weighted by Crippen LogP contribution is 2.21. The van der Waals surface area contributed by atoms with Gasteiger partial charge in [-0.15, -0.1) is 0 Å². The Balaban J connectivity index is 2.79. The second-order valence-corrected chi connectivity index (χ2v) is 4.51. The summed E-state index contributed by atoms with van der Waals surface area (Å²) in [5, 5.41) is 9.05. The van der Waals surface area contributed by atoms with Crippen molar-refractivity contribution in [1.82, 2.24) is 4.90 Å². The Kier molecular flexibility index (Phi) is 5.60. The molecule has 1 aromatic carbocycles. The van der Waals surface area contributed by atoms with Gasteiger partial charge in [-0.1, -0.05) is 0 Å². The van der Waals surface area contributed by atoms with Crippen molar-refractivity contribution in [2.75, 3.05) is 38.6 Å². The molecule has 0 heterocycles. The second-order valence-electron chi connectivity index (χ2n) is 4.51. The van der Waals surface area contributed by atoms with Crippen LogP contribution in [0.1, 0.15) is 18.9 Å². The lowest BCUT2D eigenvalue weighted by molar-refractivity contribution is 0.400. The lowest BCUT2D eigenvalue weighted by Crippen LogP contribution is -2.27. The van der Waals surface area contributed by atoms with Crippen LogP contribution in [0, 0.1) is 17.1 Å². The summed E-state index contributed by atoms with van der Waals surface area (Å²) in [5.74, 6) is -0.361. The van der Waals surface area contributed by atoms with Crippen LogP contribution in [0.15, 0.2) is 18.2 Å². The Morgan fingerprint density at radius 2 is 2.00 bits per heavy atom. The molecule has 0 N–H and O–H groups in total. The average Bonchev–Trinajstić information content (AvgIpc) is 2.34. The molecule has 0 amide bonds. The Bertz CT molecular complexity index is 424. The second kappa shape index (κ2) is 6.97. The van der Waals surface area contributed by atoms with E-state index in [2.05, 4.69) is 15.9 Å². The Morgan fingerprint density at radius 1 is 1.28 bits per heavy atom. The van der Waals surface area contributed by atoms with E-state index in [1.54, 1.807) is 6.07 Å². The molecular formula is C14H20FN3. The minimum absolute atomic E-state index is 0.361. The van der Waals surface area contributed by atoms with Crippen molar-refractivity contribution in [2.45, 2.75) is 13.3 Å². The monoisotopic (exact) mass is 249 g/mol. The smallest absolute Gasteiger partial charge is 0.124 e. The summed E-state index contributed by atoms with van der Waals surface area (Å²) in [6.45, 7) is 4.72. The quantitative estimate of drug-likeness (QED) is 0.776. The van der Waals surface area contributed by atoms with E-state index in [0.717, 1.165) is 31.7 Å². The summed E-state index contributed by atoms with van der Waals surface area (Å²) in [7, 11) is 4.07. The standard InChI is InChI=1S/C14H20FN3/c1-4-18(9-5-8-17(2)3)14-7-6-13(15)10-12(14)11-16/h6-7,10H,4-5,8-9H2,1-3H3. The maximum absolute atomic E-state index is 13.1. The molecule has 0 saturated carbocycles. The van der Waals surface area contributed by atoms with Crippen LogP contribution in [-0.2, 0) is 0 Å². The Hall–Kier alpha value is -1.60. The van der Waals surface area contributed by atoms with E-state index in [4.69, 9.17) is 5.26 Å². The molecule has 0 spiro atoms. The van der Waals surface area contributed by atoms with E-state index in [-0.39, 0.29) is 5.82 Å². The van der Waals surface area contributed by atoms with E-state index >= 15 is 0 Å². The first kappa shape index (κ1) is 14.5. The van der Waals surface area contributed by atoms with Crippen LogP contribution in [0.5, 0.6) is 0 Å². The lowest BCUT2D eigenvalue weighted by Gasteiger charge is -2.24. The number of hydrogen-bond donors (Lipinski definition) is 0. The Morgan fingerprint density at radius 3 is 2.56 bits per heavy atom. The third-order valence-electron chi connectivity index (χ3n) is 2.83. The highest BCUT2D eigenvalue weighted by molar-refractivity contribution is 5.59. The summed E-state index contributed by atoms with van der Waals surface area (Å²) in [5.41, 5.74) is 1.22. The zero-order valence-electron chi connectivity index (χ0n) is 11.3. The highest BCUT2D eigenvalue weighted by Gasteiger charge is 2.10. The molecule has 0 aliphatic heterocycles. The van der Waals surface area contributed by atoms with E-state index in [1.165, 1.54) is 12.1 Å². The topological polar surface area (TPSA) is 30.3 Å². The van der Waals surface area contributed by atoms with Gasteiger partial charge in [0.15, 0.2) is 0 Å². The zero-order chi connectivity index (χ0) is 13.5. The van der Waals surface area contributed by atoms with Gasteiger partial charge in [-0.2, -0.15) is 5.26 Å². The SMILES string of the molecule is CCN(CCCN(C)C)c1ccc(F)cc1C#N. The van der Waals surface area contributed by atoms with Gasteiger partial charge in [-0.3, -0.25) is 0 Å². The van der Waals surface area contributed by atoms with Crippen molar-refractivity contribution in [2.24, 2.45) is 0 Å². The summed E-state index contributed by atoms with van der Waals surface area (Å²) in [4.78, 5) is 4.24. The highest BCUT2D eigenvalue weighted by atomic mass is 19.1. The summed E-state index contributed by atoms with van der Waals surface area (Å²) in [6, 6.07) is 6.45. The van der Waals surface area contributed by atoms with Crippen LogP contribution < -0.4 is 4.90 Å². The number of halogens is 1. The van der Waals surface area contributed by atoms with Gasteiger partial charge in [0.05, 0.1) is 11.3 Å². The molecule has 0 radical (unpaired) electrons. The normalized spacial score (nSPS) is 10.4. The van der Waals surface area contributed by atoms with Gasteiger partial charge in [0.1, 0.15) is 11.9 Å². The van der Waals surface area contributed by atoms with Crippen molar-refractivity contribution in [3.05, 3.63) is 29.6 Å². The first-order valence-corrected chi connectivity index (χ1v) is 6.17. The van der Waals surface area contributed by atoms with Gasteiger partial charge in [0.2, 0.25) is 0 Å². The molecule has 1 rings (SSSR count). The maximum Gasteiger partial charge on any atom is 0.124 e. The van der Waals surface area contributed by atoms with E-state index in [1.807, 2.05) is 21.0 Å². The minimum Gasteiger partial charge on any atom is -0.371 e. The molecule has 3 nitrogen and oxygen atoms in total. The lowest BCUT2D eigenvalue weighted by atomic mass is 10.1. The fraction of sp³-hybridized carbons (Fsp3) is 0.500. The molecule has 0 aliphatic rings.